The third kappa shape index (κ3) is 2.39. The maximum atomic E-state index is 12.5. The molecule has 5 nitrogen and oxygen atoms in total. The first-order chi connectivity index (χ1) is 9.40. The van der Waals surface area contributed by atoms with Gasteiger partial charge in [0.2, 0.25) is 0 Å². The van der Waals surface area contributed by atoms with Gasteiger partial charge in [-0.1, -0.05) is 23.7 Å². The molecular weight excluding hydrogens is 280 g/mol. The third-order valence-electron chi connectivity index (χ3n) is 3.55. The Bertz CT molecular complexity index is 561. The van der Waals surface area contributed by atoms with E-state index in [-0.39, 0.29) is 19.1 Å². The van der Waals surface area contributed by atoms with Crippen LogP contribution in [0.3, 0.4) is 0 Å². The van der Waals surface area contributed by atoms with Crippen molar-refractivity contribution in [2.45, 2.75) is 25.8 Å². The van der Waals surface area contributed by atoms with E-state index < -0.39 is 11.6 Å². The standard InChI is InChI=1S/C14H17ClN2O3/c1-9-8-10(4-5-11(9)15)14(2)12(19)17(6-3-7-18)13(20)16-14/h4-5,8,18H,3,6-7H2,1-2H3,(H,16,20). The molecule has 1 aliphatic rings. The highest BCUT2D eigenvalue weighted by molar-refractivity contribution is 6.31. The molecule has 1 atom stereocenters. The summed E-state index contributed by atoms with van der Waals surface area (Å²) in [6.45, 7) is 3.67. The average Bonchev–Trinajstić information content (AvgIpc) is 2.62. The maximum Gasteiger partial charge on any atom is 0.325 e. The summed E-state index contributed by atoms with van der Waals surface area (Å²) in [6, 6.07) is 4.82. The Hall–Kier alpha value is -1.59. The monoisotopic (exact) mass is 296 g/mol. The highest BCUT2D eigenvalue weighted by Crippen LogP contribution is 2.31. The largest absolute Gasteiger partial charge is 0.396 e. The van der Waals surface area contributed by atoms with Crippen molar-refractivity contribution in [2.24, 2.45) is 0 Å². The normalized spacial score (nSPS) is 22.3. The van der Waals surface area contributed by atoms with Gasteiger partial charge in [0.1, 0.15) is 5.54 Å². The number of hydrogen-bond donors (Lipinski definition) is 2. The van der Waals surface area contributed by atoms with Crippen molar-refractivity contribution in [1.82, 2.24) is 10.2 Å². The van der Waals surface area contributed by atoms with Crippen molar-refractivity contribution in [3.05, 3.63) is 34.3 Å². The van der Waals surface area contributed by atoms with E-state index in [1.165, 1.54) is 0 Å². The molecule has 1 fully saturated rings. The first kappa shape index (κ1) is 14.8. The molecule has 6 heteroatoms. The van der Waals surface area contributed by atoms with Crippen LogP contribution in [0.25, 0.3) is 0 Å². The number of nitrogens with one attached hydrogen (secondary N) is 1. The fraction of sp³-hybridized carbons (Fsp3) is 0.429. The van der Waals surface area contributed by atoms with Crippen LogP contribution >= 0.6 is 11.6 Å². The molecule has 2 N–H and O–H groups in total. The van der Waals surface area contributed by atoms with Crippen LogP contribution in [0, 0.1) is 6.92 Å². The zero-order valence-electron chi connectivity index (χ0n) is 11.4. The quantitative estimate of drug-likeness (QED) is 0.832. The summed E-state index contributed by atoms with van der Waals surface area (Å²) < 4.78 is 0. The van der Waals surface area contributed by atoms with Crippen LogP contribution in [0.15, 0.2) is 18.2 Å². The van der Waals surface area contributed by atoms with Crippen LogP contribution < -0.4 is 5.32 Å². The van der Waals surface area contributed by atoms with E-state index in [1.54, 1.807) is 25.1 Å². The van der Waals surface area contributed by atoms with Crippen molar-refractivity contribution in [3.63, 3.8) is 0 Å². The number of imide groups is 1. The lowest BCUT2D eigenvalue weighted by Gasteiger charge is -2.23. The molecule has 108 valence electrons. The summed E-state index contributed by atoms with van der Waals surface area (Å²) in [6.07, 6.45) is 0.370. The molecule has 0 bridgehead atoms. The molecule has 2 rings (SSSR count). The Kier molecular flexibility index (Phi) is 4.01. The first-order valence-corrected chi connectivity index (χ1v) is 6.79. The number of amides is 3. The molecule has 1 unspecified atom stereocenters. The molecule has 3 amide bonds. The average molecular weight is 297 g/mol. The van der Waals surface area contributed by atoms with Crippen LogP contribution in [0.4, 0.5) is 4.79 Å². The lowest BCUT2D eigenvalue weighted by molar-refractivity contribution is -0.131. The zero-order valence-corrected chi connectivity index (χ0v) is 12.2. The molecule has 1 aromatic rings. The molecule has 0 saturated carbocycles. The lowest BCUT2D eigenvalue weighted by Crippen LogP contribution is -2.41. The minimum absolute atomic E-state index is 0.0617. The highest BCUT2D eigenvalue weighted by atomic mass is 35.5. The van der Waals surface area contributed by atoms with E-state index in [9.17, 15) is 9.59 Å². The fourth-order valence-electron chi connectivity index (χ4n) is 2.28. The Balaban J connectivity index is 2.33. The smallest absolute Gasteiger partial charge is 0.325 e. The van der Waals surface area contributed by atoms with E-state index >= 15 is 0 Å². The fourth-order valence-corrected chi connectivity index (χ4v) is 2.40. The summed E-state index contributed by atoms with van der Waals surface area (Å²) in [5.74, 6) is -0.308. The van der Waals surface area contributed by atoms with Gasteiger partial charge in [0.15, 0.2) is 0 Å². The minimum Gasteiger partial charge on any atom is -0.396 e. The second kappa shape index (κ2) is 5.42. The van der Waals surface area contributed by atoms with Gasteiger partial charge in [0.05, 0.1) is 0 Å². The van der Waals surface area contributed by atoms with Gasteiger partial charge in [-0.3, -0.25) is 9.69 Å². The van der Waals surface area contributed by atoms with Crippen molar-refractivity contribution in [2.75, 3.05) is 13.2 Å². The van der Waals surface area contributed by atoms with Crippen molar-refractivity contribution < 1.29 is 14.7 Å². The van der Waals surface area contributed by atoms with Gasteiger partial charge in [0.25, 0.3) is 5.91 Å². The van der Waals surface area contributed by atoms with E-state index in [0.29, 0.717) is 17.0 Å². The number of rotatable bonds is 4. The van der Waals surface area contributed by atoms with Crippen LogP contribution in [0.2, 0.25) is 5.02 Å². The van der Waals surface area contributed by atoms with E-state index in [4.69, 9.17) is 16.7 Å². The number of nitrogens with zero attached hydrogens (tertiary/aromatic N) is 1. The third-order valence-corrected chi connectivity index (χ3v) is 3.97. The minimum atomic E-state index is -1.08. The molecular formula is C14H17ClN2O3. The summed E-state index contributed by atoms with van der Waals surface area (Å²) >= 11 is 5.98. The number of hydrogen-bond acceptors (Lipinski definition) is 3. The summed E-state index contributed by atoms with van der Waals surface area (Å²) in [4.78, 5) is 25.5. The Morgan fingerprint density at radius 1 is 1.40 bits per heavy atom. The van der Waals surface area contributed by atoms with Gasteiger partial charge in [-0.05, 0) is 37.5 Å². The van der Waals surface area contributed by atoms with Crippen LogP contribution in [-0.2, 0) is 10.3 Å². The van der Waals surface area contributed by atoms with Gasteiger partial charge in [-0.25, -0.2) is 4.79 Å². The number of carbonyl (C=O) groups excluding carboxylic acids is 2. The number of aryl methyl sites for hydroxylation is 1. The van der Waals surface area contributed by atoms with Gasteiger partial charge in [-0.15, -0.1) is 0 Å². The molecule has 1 saturated heterocycles. The molecule has 20 heavy (non-hydrogen) atoms. The number of aliphatic hydroxyl groups is 1. The highest BCUT2D eigenvalue weighted by Gasteiger charge is 2.48. The molecule has 1 aromatic carbocycles. The maximum absolute atomic E-state index is 12.5. The number of benzene rings is 1. The van der Waals surface area contributed by atoms with E-state index in [0.717, 1.165) is 10.5 Å². The topological polar surface area (TPSA) is 69.6 Å². The van der Waals surface area contributed by atoms with E-state index in [1.807, 2.05) is 6.92 Å². The Morgan fingerprint density at radius 2 is 2.10 bits per heavy atom. The Labute approximate surface area is 122 Å². The number of carbonyl (C=O) groups is 2. The van der Waals surface area contributed by atoms with Crippen molar-refractivity contribution in [3.8, 4) is 0 Å². The number of urea groups is 1. The predicted octanol–water partition coefficient (Wildman–Crippen LogP) is 1.80. The second-order valence-corrected chi connectivity index (χ2v) is 5.46. The molecule has 0 aromatic heterocycles. The van der Waals surface area contributed by atoms with Crippen LogP contribution in [0.1, 0.15) is 24.5 Å². The summed E-state index contributed by atoms with van der Waals surface area (Å²) in [7, 11) is 0. The first-order valence-electron chi connectivity index (χ1n) is 6.41. The van der Waals surface area contributed by atoms with E-state index in [2.05, 4.69) is 5.32 Å². The van der Waals surface area contributed by atoms with Gasteiger partial charge in [0, 0.05) is 18.2 Å². The van der Waals surface area contributed by atoms with Gasteiger partial charge in [-0.2, -0.15) is 0 Å². The molecule has 1 aliphatic heterocycles. The van der Waals surface area contributed by atoms with Crippen molar-refractivity contribution in [1.29, 1.82) is 0 Å². The van der Waals surface area contributed by atoms with Crippen LogP contribution in [-0.4, -0.2) is 35.1 Å². The molecule has 0 aliphatic carbocycles. The lowest BCUT2D eigenvalue weighted by atomic mass is 9.91. The summed E-state index contributed by atoms with van der Waals surface area (Å²) in [5.41, 5.74) is 0.465. The number of aliphatic hydroxyl groups excluding tert-OH is 1. The van der Waals surface area contributed by atoms with Gasteiger partial charge < -0.3 is 10.4 Å². The number of halogens is 1. The summed E-state index contributed by atoms with van der Waals surface area (Å²) in [5, 5.41) is 12.2. The molecule has 1 heterocycles. The molecule has 0 radical (unpaired) electrons. The second-order valence-electron chi connectivity index (χ2n) is 5.05. The van der Waals surface area contributed by atoms with Gasteiger partial charge >= 0.3 is 6.03 Å². The Morgan fingerprint density at radius 3 is 2.70 bits per heavy atom. The van der Waals surface area contributed by atoms with Crippen LogP contribution in [0.5, 0.6) is 0 Å². The van der Waals surface area contributed by atoms with Crippen molar-refractivity contribution >= 4 is 23.5 Å². The zero-order chi connectivity index (χ0) is 14.9. The SMILES string of the molecule is Cc1cc(C2(C)NC(=O)N(CCCO)C2=O)ccc1Cl. The molecule has 0 spiro atoms. The predicted molar refractivity (Wildman–Crippen MR) is 75.5 cm³/mol.